The van der Waals surface area contributed by atoms with Gasteiger partial charge < -0.3 is 9.47 Å². The van der Waals surface area contributed by atoms with Crippen LogP contribution in [0.1, 0.15) is 168 Å². The number of hydrogen-bond donors (Lipinski definition) is 0. The van der Waals surface area contributed by atoms with E-state index in [0.717, 1.165) is 19.3 Å². The Morgan fingerprint density at radius 1 is 0.545 bits per heavy atom. The smallest absolute Gasteiger partial charge is 0.305 e. The highest BCUT2D eigenvalue weighted by Gasteiger charge is 2.36. The molecule has 0 amide bonds. The minimum absolute atomic E-state index is 0.00911. The highest BCUT2D eigenvalue weighted by Crippen LogP contribution is 2.31. The van der Waals surface area contributed by atoms with Gasteiger partial charge in [0.25, 0.3) is 0 Å². The van der Waals surface area contributed by atoms with Crippen molar-refractivity contribution in [1.29, 1.82) is 0 Å². The zero-order valence-electron chi connectivity index (χ0n) is 22.6. The van der Waals surface area contributed by atoms with Crippen LogP contribution in [0.4, 0.5) is 0 Å². The van der Waals surface area contributed by atoms with E-state index in [1.807, 2.05) is 0 Å². The van der Waals surface area contributed by atoms with E-state index < -0.39 is 0 Å². The van der Waals surface area contributed by atoms with Gasteiger partial charge in [0.05, 0.1) is 18.8 Å². The maximum Gasteiger partial charge on any atom is 0.305 e. The molecular weight excluding hydrogens is 408 g/mol. The van der Waals surface area contributed by atoms with Crippen molar-refractivity contribution in [2.45, 2.75) is 180 Å². The van der Waals surface area contributed by atoms with Crippen molar-refractivity contribution in [2.75, 3.05) is 6.61 Å². The lowest BCUT2D eigenvalue weighted by molar-refractivity contribution is -0.143. The van der Waals surface area contributed by atoms with Crippen molar-refractivity contribution < 1.29 is 14.3 Å². The molecule has 2 atom stereocenters. The largest absolute Gasteiger partial charge is 0.466 e. The molecular formula is C30H58O3. The molecule has 196 valence electrons. The number of rotatable bonds is 26. The van der Waals surface area contributed by atoms with Crippen molar-refractivity contribution in [3.8, 4) is 0 Å². The molecule has 0 radical (unpaired) electrons. The predicted octanol–water partition coefficient (Wildman–Crippen LogP) is 9.70. The second-order valence-corrected chi connectivity index (χ2v) is 10.5. The Hall–Kier alpha value is -0.570. The first-order valence-corrected chi connectivity index (χ1v) is 15.1. The van der Waals surface area contributed by atoms with Gasteiger partial charge in [0.1, 0.15) is 0 Å². The molecule has 0 aromatic rings. The molecule has 33 heavy (non-hydrogen) atoms. The van der Waals surface area contributed by atoms with Crippen molar-refractivity contribution in [2.24, 2.45) is 0 Å². The van der Waals surface area contributed by atoms with Gasteiger partial charge in [-0.2, -0.15) is 0 Å². The van der Waals surface area contributed by atoms with E-state index >= 15 is 0 Å². The van der Waals surface area contributed by atoms with Gasteiger partial charge in [-0.25, -0.2) is 0 Å². The van der Waals surface area contributed by atoms with Crippen LogP contribution in [0.5, 0.6) is 0 Å². The Kier molecular flexibility index (Phi) is 21.4. The van der Waals surface area contributed by atoms with Crippen molar-refractivity contribution in [3.05, 3.63) is 0 Å². The fourth-order valence-electron chi connectivity index (χ4n) is 4.81. The Labute approximate surface area is 207 Å². The zero-order valence-corrected chi connectivity index (χ0v) is 22.6. The second kappa shape index (κ2) is 23.2. The summed E-state index contributed by atoms with van der Waals surface area (Å²) in [6, 6.07) is 0. The molecule has 3 nitrogen and oxygen atoms in total. The molecule has 0 unspecified atom stereocenters. The standard InChI is InChI=1S/C30H58O3/c1-3-5-7-9-11-12-13-14-19-23-27-32-30(31)26-22-18-15-17-21-25-29-28(33-29)24-20-16-10-8-6-4-2/h28-29H,3-27H2,1-2H3/t28-,29-/m0/s1. The lowest BCUT2D eigenvalue weighted by Gasteiger charge is -2.05. The summed E-state index contributed by atoms with van der Waals surface area (Å²) >= 11 is 0. The van der Waals surface area contributed by atoms with Gasteiger partial charge in [-0.05, 0) is 25.7 Å². The molecule has 0 saturated carbocycles. The monoisotopic (exact) mass is 466 g/mol. The van der Waals surface area contributed by atoms with Crippen LogP contribution >= 0.6 is 0 Å². The Bertz CT molecular complexity index is 423. The van der Waals surface area contributed by atoms with Crippen molar-refractivity contribution in [1.82, 2.24) is 0 Å². The summed E-state index contributed by atoms with van der Waals surface area (Å²) in [7, 11) is 0. The minimum Gasteiger partial charge on any atom is -0.466 e. The molecule has 1 fully saturated rings. The first-order valence-electron chi connectivity index (χ1n) is 15.1. The summed E-state index contributed by atoms with van der Waals surface area (Å²) in [4.78, 5) is 11.8. The number of hydrogen-bond acceptors (Lipinski definition) is 3. The molecule has 3 heteroatoms. The lowest BCUT2D eigenvalue weighted by Crippen LogP contribution is -2.05. The predicted molar refractivity (Wildman–Crippen MR) is 142 cm³/mol. The molecule has 0 bridgehead atoms. The van der Waals surface area contributed by atoms with E-state index in [-0.39, 0.29) is 5.97 Å². The molecule has 1 heterocycles. The fourth-order valence-corrected chi connectivity index (χ4v) is 4.81. The summed E-state index contributed by atoms with van der Waals surface area (Å²) in [5.74, 6) is 0.00911. The van der Waals surface area contributed by atoms with Crippen LogP contribution in [-0.2, 0) is 14.3 Å². The van der Waals surface area contributed by atoms with Crippen LogP contribution in [0.2, 0.25) is 0 Å². The fraction of sp³-hybridized carbons (Fsp3) is 0.967. The summed E-state index contributed by atoms with van der Waals surface area (Å²) in [5, 5.41) is 0. The summed E-state index contributed by atoms with van der Waals surface area (Å²) in [6.45, 7) is 5.17. The number of carbonyl (C=O) groups is 1. The van der Waals surface area contributed by atoms with E-state index in [1.54, 1.807) is 0 Å². The maximum atomic E-state index is 11.8. The van der Waals surface area contributed by atoms with E-state index in [0.29, 0.717) is 25.2 Å². The van der Waals surface area contributed by atoms with Crippen molar-refractivity contribution in [3.63, 3.8) is 0 Å². The molecule has 1 aliphatic heterocycles. The SMILES string of the molecule is CCCCCCCCCCCCOC(=O)CCCCCCC[C@@H]1O[C@H]1CCCCCCCC. The first kappa shape index (κ1) is 30.5. The number of epoxide rings is 1. The average Bonchev–Trinajstić information content (AvgIpc) is 3.57. The molecule has 0 aromatic carbocycles. The lowest BCUT2D eigenvalue weighted by atomic mass is 10.0. The van der Waals surface area contributed by atoms with E-state index in [2.05, 4.69) is 13.8 Å². The number of ether oxygens (including phenoxy) is 2. The van der Waals surface area contributed by atoms with Gasteiger partial charge in [-0.3, -0.25) is 4.79 Å². The van der Waals surface area contributed by atoms with Gasteiger partial charge in [-0.1, -0.05) is 136 Å². The summed E-state index contributed by atoms with van der Waals surface area (Å²) in [5.41, 5.74) is 0. The minimum atomic E-state index is 0.00911. The maximum absolute atomic E-state index is 11.8. The highest BCUT2D eigenvalue weighted by molar-refractivity contribution is 5.69. The molecule has 0 spiro atoms. The van der Waals surface area contributed by atoms with Gasteiger partial charge >= 0.3 is 5.97 Å². The number of esters is 1. The van der Waals surface area contributed by atoms with Crippen molar-refractivity contribution >= 4 is 5.97 Å². The topological polar surface area (TPSA) is 38.8 Å². The third kappa shape index (κ3) is 20.5. The van der Waals surface area contributed by atoms with Crippen LogP contribution < -0.4 is 0 Å². The molecule has 1 aliphatic rings. The van der Waals surface area contributed by atoms with Crippen LogP contribution in [-0.4, -0.2) is 24.8 Å². The molecule has 0 aliphatic carbocycles. The zero-order chi connectivity index (χ0) is 23.8. The van der Waals surface area contributed by atoms with Gasteiger partial charge in [0, 0.05) is 6.42 Å². The quantitative estimate of drug-likeness (QED) is 0.0723. The van der Waals surface area contributed by atoms with Crippen LogP contribution in [0.25, 0.3) is 0 Å². The molecule has 1 saturated heterocycles. The summed E-state index contributed by atoms with van der Waals surface area (Å²) in [6.07, 6.45) is 31.6. The van der Waals surface area contributed by atoms with Gasteiger partial charge in [-0.15, -0.1) is 0 Å². The molecule has 0 N–H and O–H groups in total. The van der Waals surface area contributed by atoms with E-state index in [1.165, 1.54) is 128 Å². The second-order valence-electron chi connectivity index (χ2n) is 10.5. The number of carbonyl (C=O) groups excluding carboxylic acids is 1. The van der Waals surface area contributed by atoms with E-state index in [9.17, 15) is 4.79 Å². The van der Waals surface area contributed by atoms with Gasteiger partial charge in [0.2, 0.25) is 0 Å². The first-order chi connectivity index (χ1) is 16.3. The van der Waals surface area contributed by atoms with E-state index in [4.69, 9.17) is 9.47 Å². The Morgan fingerprint density at radius 2 is 0.939 bits per heavy atom. The van der Waals surface area contributed by atoms with Crippen LogP contribution in [0, 0.1) is 0 Å². The third-order valence-corrected chi connectivity index (χ3v) is 7.16. The van der Waals surface area contributed by atoms with Crippen LogP contribution in [0.3, 0.4) is 0 Å². The Balaban J connectivity index is 1.73. The molecule has 1 rings (SSSR count). The van der Waals surface area contributed by atoms with Gasteiger partial charge in [0.15, 0.2) is 0 Å². The normalized spacial score (nSPS) is 17.4. The molecule has 0 aromatic heterocycles. The highest BCUT2D eigenvalue weighted by atomic mass is 16.6. The summed E-state index contributed by atoms with van der Waals surface area (Å²) < 4.78 is 11.2. The third-order valence-electron chi connectivity index (χ3n) is 7.16. The van der Waals surface area contributed by atoms with Crippen LogP contribution in [0.15, 0.2) is 0 Å². The number of unbranched alkanes of at least 4 members (excludes halogenated alkanes) is 18. The Morgan fingerprint density at radius 3 is 1.42 bits per heavy atom. The average molecular weight is 467 g/mol.